The minimum atomic E-state index is 0.0529. The Morgan fingerprint density at radius 2 is 1.05 bits per heavy atom. The molecule has 0 saturated heterocycles. The second-order valence-electron chi connectivity index (χ2n) is 20.4. The van der Waals surface area contributed by atoms with Crippen molar-refractivity contribution in [2.75, 3.05) is 4.90 Å². The van der Waals surface area contributed by atoms with Gasteiger partial charge in [0.15, 0.2) is 0 Å². The van der Waals surface area contributed by atoms with Crippen LogP contribution in [0.4, 0.5) is 17.1 Å². The molecule has 0 amide bonds. The topological polar surface area (TPSA) is 3.24 Å². The zero-order valence-electron chi connectivity index (χ0n) is 35.1. The zero-order chi connectivity index (χ0) is 39.7. The smallest absolute Gasteiger partial charge is 0.0502 e. The van der Waals surface area contributed by atoms with Gasteiger partial charge >= 0.3 is 0 Å². The summed E-state index contributed by atoms with van der Waals surface area (Å²) in [7, 11) is 0. The first-order chi connectivity index (χ1) is 28.7. The molecule has 1 spiro atoms. The van der Waals surface area contributed by atoms with Crippen LogP contribution in [0.15, 0.2) is 152 Å². The summed E-state index contributed by atoms with van der Waals surface area (Å²) in [5.74, 6) is 3.31. The van der Waals surface area contributed by atoms with Crippen LogP contribution in [0.1, 0.15) is 94.9 Å². The molecule has 0 aliphatic heterocycles. The molecule has 0 N–H and O–H groups in total. The van der Waals surface area contributed by atoms with Gasteiger partial charge in [-0.05, 0) is 182 Å². The highest BCUT2D eigenvalue weighted by Crippen LogP contribution is 2.69. The fraction of sp³-hybridized carbons (Fsp3) is 0.310. The third-order valence-corrected chi connectivity index (χ3v) is 16.3. The minimum Gasteiger partial charge on any atom is -0.310 e. The van der Waals surface area contributed by atoms with Crippen molar-refractivity contribution in [2.24, 2.45) is 23.7 Å². The number of hydrogen-bond acceptors (Lipinski definition) is 1. The summed E-state index contributed by atoms with van der Waals surface area (Å²) in [5, 5.41) is 2.57. The third-order valence-electron chi connectivity index (χ3n) is 16.3. The SMILES string of the molecule is CC1(C)CCC(C)(C)c2c(N(c3ccc(-c4cccc(-c5cccc6ccccc56)c4)cc3)c3ccc4c(c3)C3(c5ccccc5-4)C4CC5CC(C4)CC3C5)cccc21. The number of rotatable bonds is 5. The van der Waals surface area contributed by atoms with Crippen LogP contribution in [-0.2, 0) is 16.2 Å². The van der Waals surface area contributed by atoms with E-state index in [1.807, 2.05) is 0 Å². The molecule has 7 aromatic rings. The summed E-state index contributed by atoms with van der Waals surface area (Å²) < 4.78 is 0. The Kier molecular flexibility index (Phi) is 7.71. The number of benzene rings is 7. The van der Waals surface area contributed by atoms with Crippen molar-refractivity contribution < 1.29 is 0 Å². The van der Waals surface area contributed by atoms with Crippen molar-refractivity contribution in [3.05, 3.63) is 174 Å². The van der Waals surface area contributed by atoms with E-state index in [1.54, 1.807) is 11.1 Å². The molecule has 0 unspecified atom stereocenters. The third kappa shape index (κ3) is 5.22. The van der Waals surface area contributed by atoms with Crippen molar-refractivity contribution >= 4 is 27.8 Å². The Hall–Kier alpha value is -5.40. The van der Waals surface area contributed by atoms with Crippen LogP contribution in [0.2, 0.25) is 0 Å². The molecule has 4 bridgehead atoms. The van der Waals surface area contributed by atoms with E-state index >= 15 is 0 Å². The lowest BCUT2D eigenvalue weighted by Crippen LogP contribution is -2.55. The van der Waals surface area contributed by atoms with Gasteiger partial charge in [-0.2, -0.15) is 0 Å². The maximum atomic E-state index is 2.68. The highest BCUT2D eigenvalue weighted by atomic mass is 15.1. The number of nitrogens with zero attached hydrogens (tertiary/aromatic N) is 1. The predicted molar refractivity (Wildman–Crippen MR) is 248 cm³/mol. The Labute approximate surface area is 351 Å². The van der Waals surface area contributed by atoms with Crippen LogP contribution < -0.4 is 4.90 Å². The van der Waals surface area contributed by atoms with E-state index in [2.05, 4.69) is 184 Å². The summed E-state index contributed by atoms with van der Waals surface area (Å²) in [6.07, 6.45) is 9.44. The summed E-state index contributed by atoms with van der Waals surface area (Å²) in [4.78, 5) is 2.64. The lowest BCUT2D eigenvalue weighted by molar-refractivity contribution is -0.0399. The molecule has 1 heteroatoms. The molecule has 6 aliphatic rings. The molecule has 6 aliphatic carbocycles. The van der Waals surface area contributed by atoms with E-state index in [0.717, 1.165) is 23.7 Å². The summed E-state index contributed by atoms with van der Waals surface area (Å²) >= 11 is 0. The van der Waals surface area contributed by atoms with Gasteiger partial charge in [0.05, 0.1) is 5.69 Å². The number of fused-ring (bicyclic) bond motifs is 5. The molecule has 13 rings (SSSR count). The second-order valence-corrected chi connectivity index (χ2v) is 20.4. The molecule has 292 valence electrons. The van der Waals surface area contributed by atoms with Gasteiger partial charge in [-0.1, -0.05) is 143 Å². The summed E-state index contributed by atoms with van der Waals surface area (Å²) in [5.41, 5.74) is 18.4. The fourth-order valence-corrected chi connectivity index (χ4v) is 13.7. The van der Waals surface area contributed by atoms with Crippen molar-refractivity contribution in [3.63, 3.8) is 0 Å². The predicted octanol–water partition coefficient (Wildman–Crippen LogP) is 15.7. The van der Waals surface area contributed by atoms with Crippen molar-refractivity contribution in [3.8, 4) is 33.4 Å². The fourth-order valence-electron chi connectivity index (χ4n) is 13.7. The first-order valence-corrected chi connectivity index (χ1v) is 22.6. The Balaban J connectivity index is 1.02. The Bertz CT molecular complexity index is 2770. The van der Waals surface area contributed by atoms with Crippen molar-refractivity contribution in [1.29, 1.82) is 0 Å². The largest absolute Gasteiger partial charge is 0.310 e. The molecule has 0 heterocycles. The first kappa shape index (κ1) is 35.5. The molecule has 4 fully saturated rings. The van der Waals surface area contributed by atoms with E-state index in [9.17, 15) is 0 Å². The Morgan fingerprint density at radius 1 is 0.441 bits per heavy atom. The molecule has 1 nitrogen and oxygen atoms in total. The van der Waals surface area contributed by atoms with Gasteiger partial charge in [-0.3, -0.25) is 0 Å². The first-order valence-electron chi connectivity index (χ1n) is 22.6. The summed E-state index contributed by atoms with van der Waals surface area (Å²) in [6, 6.07) is 58.3. The molecule has 7 aromatic carbocycles. The second kappa shape index (κ2) is 12.8. The van der Waals surface area contributed by atoms with Crippen molar-refractivity contribution in [2.45, 2.75) is 88.9 Å². The average molecular weight is 766 g/mol. The zero-order valence-corrected chi connectivity index (χ0v) is 35.1. The van der Waals surface area contributed by atoms with E-state index in [0.29, 0.717) is 0 Å². The van der Waals surface area contributed by atoms with Gasteiger partial charge in [0, 0.05) is 16.8 Å². The average Bonchev–Trinajstić information content (AvgIpc) is 3.54. The molecule has 4 saturated carbocycles. The molecular weight excluding hydrogens is 711 g/mol. The van der Waals surface area contributed by atoms with Crippen LogP contribution in [0.25, 0.3) is 44.2 Å². The molecule has 0 radical (unpaired) electrons. The van der Waals surface area contributed by atoms with E-state index < -0.39 is 0 Å². The molecule has 0 aromatic heterocycles. The highest BCUT2D eigenvalue weighted by molar-refractivity contribution is 5.97. The molecular formula is C58H55N. The quantitative estimate of drug-likeness (QED) is 0.169. The number of hydrogen-bond donors (Lipinski definition) is 0. The summed E-state index contributed by atoms with van der Waals surface area (Å²) in [6.45, 7) is 9.88. The maximum Gasteiger partial charge on any atom is 0.0502 e. The number of anilines is 3. The highest BCUT2D eigenvalue weighted by Gasteiger charge is 2.61. The standard InChI is InChI=1S/C58H55N/c1-56(2)28-29-57(3,4)55-52(56)20-11-21-54(55)59(45-24-22-39(23-25-45)41-14-9-15-42(35-41)48-18-10-13-40-12-5-6-16-47(40)48)46-26-27-50-49-17-7-8-19-51(49)58(53(50)36-46)43-31-37-30-38(33-43)34-44(58)32-37/h5-27,35-38,43-44H,28-34H2,1-4H3. The van der Waals surface area contributed by atoms with E-state index in [1.165, 1.54) is 117 Å². The van der Waals surface area contributed by atoms with Gasteiger partial charge in [0.2, 0.25) is 0 Å². The lowest BCUT2D eigenvalue weighted by Gasteiger charge is -2.61. The van der Waals surface area contributed by atoms with E-state index in [-0.39, 0.29) is 16.2 Å². The van der Waals surface area contributed by atoms with Crippen LogP contribution in [0.3, 0.4) is 0 Å². The van der Waals surface area contributed by atoms with Gasteiger partial charge < -0.3 is 4.90 Å². The van der Waals surface area contributed by atoms with Crippen LogP contribution in [0, 0.1) is 23.7 Å². The van der Waals surface area contributed by atoms with Gasteiger partial charge in [-0.15, -0.1) is 0 Å². The van der Waals surface area contributed by atoms with Crippen LogP contribution in [-0.4, -0.2) is 0 Å². The lowest BCUT2D eigenvalue weighted by atomic mass is 9.43. The monoisotopic (exact) mass is 765 g/mol. The normalized spacial score (nSPS) is 25.2. The van der Waals surface area contributed by atoms with Crippen LogP contribution in [0.5, 0.6) is 0 Å². The van der Waals surface area contributed by atoms with Gasteiger partial charge in [0.1, 0.15) is 0 Å². The Morgan fingerprint density at radius 3 is 1.86 bits per heavy atom. The van der Waals surface area contributed by atoms with Crippen LogP contribution >= 0.6 is 0 Å². The minimum absolute atomic E-state index is 0.0529. The van der Waals surface area contributed by atoms with Gasteiger partial charge in [0.25, 0.3) is 0 Å². The molecule has 59 heavy (non-hydrogen) atoms. The maximum absolute atomic E-state index is 2.68. The van der Waals surface area contributed by atoms with Gasteiger partial charge in [-0.25, -0.2) is 0 Å². The van der Waals surface area contributed by atoms with Crippen molar-refractivity contribution in [1.82, 2.24) is 0 Å². The molecule has 0 atom stereocenters. The van der Waals surface area contributed by atoms with E-state index in [4.69, 9.17) is 0 Å².